The number of carbonyl (C=O) groups excluding carboxylic acids is 3. The van der Waals surface area contributed by atoms with E-state index in [9.17, 15) is 14.4 Å². The molecule has 0 spiro atoms. The van der Waals surface area contributed by atoms with E-state index in [2.05, 4.69) is 187 Å². The van der Waals surface area contributed by atoms with Crippen LogP contribution in [0.2, 0.25) is 0 Å². The van der Waals surface area contributed by atoms with Crippen molar-refractivity contribution in [1.29, 1.82) is 0 Å². The normalized spacial score (nSPS) is 15.2. The highest BCUT2D eigenvalue weighted by Gasteiger charge is 2.25. The lowest BCUT2D eigenvalue weighted by molar-refractivity contribution is 0.0909. The summed E-state index contributed by atoms with van der Waals surface area (Å²) in [5, 5.41) is 19.4. The van der Waals surface area contributed by atoms with Crippen LogP contribution in [0.3, 0.4) is 0 Å². The van der Waals surface area contributed by atoms with Crippen molar-refractivity contribution >= 4 is 109 Å². The van der Waals surface area contributed by atoms with Crippen LogP contribution in [0.1, 0.15) is 51.7 Å². The molecule has 118 heavy (non-hydrogen) atoms. The summed E-state index contributed by atoms with van der Waals surface area (Å²) in [5.74, 6) is 2.07. The van der Waals surface area contributed by atoms with Crippen molar-refractivity contribution < 1.29 is 19.1 Å². The third-order valence-corrected chi connectivity index (χ3v) is 24.5. The number of likely N-dealkylation sites (N-methyl/N-ethyl adjacent to an activating group) is 4. The first-order chi connectivity index (χ1) is 57.5. The van der Waals surface area contributed by atoms with Crippen molar-refractivity contribution in [3.8, 4) is 37.5 Å². The van der Waals surface area contributed by atoms with Gasteiger partial charge in [-0.3, -0.25) is 19.3 Å². The van der Waals surface area contributed by atoms with Crippen molar-refractivity contribution in [3.05, 3.63) is 256 Å². The van der Waals surface area contributed by atoms with Gasteiger partial charge in [0, 0.05) is 197 Å². The molecular formula is C90H103N21O4S3. The first kappa shape index (κ1) is 82.8. The van der Waals surface area contributed by atoms with Gasteiger partial charge >= 0.3 is 0 Å². The molecule has 0 radical (unpaired) electrons. The minimum atomic E-state index is -0.118. The molecule has 3 amide bonds. The number of methoxy groups -OCH3 is 1. The molecule has 10 heterocycles. The number of rotatable bonds is 25. The predicted octanol–water partition coefficient (Wildman–Crippen LogP) is 13.8. The van der Waals surface area contributed by atoms with Crippen LogP contribution < -0.4 is 56.2 Å². The van der Waals surface area contributed by atoms with Crippen molar-refractivity contribution in [2.24, 2.45) is 0 Å². The SMILES string of the molecule is CN1CCN(CC(NC(=O)c2ccc(-c3ccnc(Nc4cccc(N5CCN(C)CC5)c4)n3)s2)c2ccccc2)CC1.CN1CCN(c2cccc(Nc3nccc(-c4ccc(C(=O)NCc5cccc(N(C)C)c5)s4)n3)c2)CC1.COc1cccc(CNC(=O)c2ccc(-c3ccnc(Nc4cccc(N5CCN(C)CC5)c4)n3)s2)c1. The highest BCUT2D eigenvalue weighted by Crippen LogP contribution is 2.34. The van der Waals surface area contributed by atoms with Crippen LogP contribution in [0.15, 0.2) is 225 Å². The van der Waals surface area contributed by atoms with Gasteiger partial charge in [0.25, 0.3) is 17.7 Å². The molecule has 6 N–H and O–H groups in total. The zero-order valence-corrected chi connectivity index (χ0v) is 70.4. The van der Waals surface area contributed by atoms with Crippen LogP contribution in [0.4, 0.5) is 57.7 Å². The molecular weight excluding hydrogens is 1540 g/mol. The van der Waals surface area contributed by atoms with E-state index in [1.807, 2.05) is 152 Å². The van der Waals surface area contributed by atoms with Gasteiger partial charge in [0.05, 0.1) is 59.5 Å². The number of hydrogen-bond donors (Lipinski definition) is 6. The van der Waals surface area contributed by atoms with E-state index in [4.69, 9.17) is 19.7 Å². The number of thiophene rings is 3. The Bertz CT molecular complexity index is 5280. The fourth-order valence-corrected chi connectivity index (χ4v) is 16.8. The fraction of sp³-hybridized carbons (Fsp3) is 0.300. The third kappa shape index (κ3) is 23.1. The second kappa shape index (κ2) is 40.4. The Morgan fingerprint density at radius 3 is 1.19 bits per heavy atom. The van der Waals surface area contributed by atoms with E-state index < -0.39 is 0 Å². The number of nitrogens with one attached hydrogen (secondary N) is 6. The van der Waals surface area contributed by atoms with Gasteiger partial charge in [0.2, 0.25) is 17.8 Å². The summed E-state index contributed by atoms with van der Waals surface area (Å²) in [5.41, 5.74) is 13.0. The lowest BCUT2D eigenvalue weighted by Gasteiger charge is -2.35. The average molecular weight is 1640 g/mol. The third-order valence-electron chi connectivity index (χ3n) is 21.1. The summed E-state index contributed by atoms with van der Waals surface area (Å²) in [6, 6.07) is 68.1. The molecule has 4 fully saturated rings. The molecule has 610 valence electrons. The molecule has 4 aliphatic rings. The molecule has 28 heteroatoms. The molecule has 6 aromatic carbocycles. The number of anilines is 10. The number of hydrogen-bond acceptors (Lipinski definition) is 25. The maximum atomic E-state index is 13.5. The predicted molar refractivity (Wildman–Crippen MR) is 481 cm³/mol. The van der Waals surface area contributed by atoms with Gasteiger partial charge in [-0.25, -0.2) is 29.9 Å². The van der Waals surface area contributed by atoms with Crippen molar-refractivity contribution in [2.75, 3.05) is 196 Å². The number of benzene rings is 6. The fourth-order valence-electron chi connectivity index (χ4n) is 14.1. The maximum Gasteiger partial charge on any atom is 0.261 e. The van der Waals surface area contributed by atoms with Gasteiger partial charge in [-0.2, -0.15) is 0 Å². The van der Waals surface area contributed by atoms with Crippen LogP contribution in [0.25, 0.3) is 31.7 Å². The molecule has 1 unspecified atom stereocenters. The molecule has 12 aromatic rings. The minimum Gasteiger partial charge on any atom is -0.497 e. The van der Waals surface area contributed by atoms with Crippen molar-refractivity contribution in [1.82, 2.24) is 70.4 Å². The molecule has 6 aromatic heterocycles. The molecule has 0 bridgehead atoms. The monoisotopic (exact) mass is 1640 g/mol. The molecule has 4 saturated heterocycles. The minimum absolute atomic E-state index is 0.0626. The summed E-state index contributed by atoms with van der Waals surface area (Å²) in [6.07, 6.45) is 5.24. The van der Waals surface area contributed by atoms with Gasteiger partial charge < -0.3 is 75.8 Å². The summed E-state index contributed by atoms with van der Waals surface area (Å²) >= 11 is 4.29. The second-order valence-corrected chi connectivity index (χ2v) is 33.3. The van der Waals surface area contributed by atoms with Gasteiger partial charge in [-0.05, 0) is 178 Å². The number of ether oxygens (including phenoxy) is 1. The van der Waals surface area contributed by atoms with Gasteiger partial charge in [-0.1, -0.05) is 72.8 Å². The van der Waals surface area contributed by atoms with Crippen LogP contribution in [-0.4, -0.2) is 233 Å². The highest BCUT2D eigenvalue weighted by molar-refractivity contribution is 7.18. The number of nitrogens with zero attached hydrogens (tertiary/aromatic N) is 15. The maximum absolute atomic E-state index is 13.5. The first-order valence-electron chi connectivity index (χ1n) is 40.0. The Morgan fingerprint density at radius 2 is 0.788 bits per heavy atom. The van der Waals surface area contributed by atoms with E-state index in [-0.39, 0.29) is 23.8 Å². The number of aromatic nitrogens is 6. The second-order valence-electron chi connectivity index (χ2n) is 30.0. The summed E-state index contributed by atoms with van der Waals surface area (Å²) in [7, 11) is 14.3. The van der Waals surface area contributed by atoms with Gasteiger partial charge in [-0.15, -0.1) is 34.0 Å². The molecule has 4 aliphatic heterocycles. The lowest BCUT2D eigenvalue weighted by Crippen LogP contribution is -2.47. The molecule has 0 aliphatic carbocycles. The van der Waals surface area contributed by atoms with E-state index >= 15 is 0 Å². The Hall–Kier alpha value is -11.7. The zero-order chi connectivity index (χ0) is 81.7. The first-order valence-corrected chi connectivity index (χ1v) is 42.4. The lowest BCUT2D eigenvalue weighted by atomic mass is 10.1. The quantitative estimate of drug-likeness (QED) is 0.0312. The van der Waals surface area contributed by atoms with E-state index in [1.54, 1.807) is 25.7 Å². The summed E-state index contributed by atoms with van der Waals surface area (Å²) in [4.78, 5) is 92.3. The topological polar surface area (TPSA) is 239 Å². The van der Waals surface area contributed by atoms with Crippen LogP contribution in [0.5, 0.6) is 5.75 Å². The van der Waals surface area contributed by atoms with Crippen LogP contribution >= 0.6 is 34.0 Å². The number of carbonyl (C=O) groups is 3. The van der Waals surface area contributed by atoms with Crippen LogP contribution in [-0.2, 0) is 13.1 Å². The zero-order valence-electron chi connectivity index (χ0n) is 67.9. The molecule has 25 nitrogen and oxygen atoms in total. The Labute approximate surface area is 703 Å². The highest BCUT2D eigenvalue weighted by atomic mass is 32.1. The van der Waals surface area contributed by atoms with Gasteiger partial charge in [0.15, 0.2) is 0 Å². The number of piperazine rings is 4. The Kier molecular flexibility index (Phi) is 28.4. The van der Waals surface area contributed by atoms with Gasteiger partial charge in [0.1, 0.15) is 5.75 Å². The average Bonchev–Trinajstić information content (AvgIpc) is 1.36. The molecule has 0 saturated carbocycles. The summed E-state index contributed by atoms with van der Waals surface area (Å²) in [6.45, 7) is 18.2. The van der Waals surface area contributed by atoms with E-state index in [0.29, 0.717) is 45.6 Å². The largest absolute Gasteiger partial charge is 0.497 e. The molecule has 1 atom stereocenters. The Balaban J connectivity index is 0.000000146. The number of amides is 3. The van der Waals surface area contributed by atoms with Crippen molar-refractivity contribution in [2.45, 2.75) is 19.1 Å². The standard InChI is InChI=1S/C33H40N8OS.C29H33N7OS.C28H30N6O2S/c1-38-15-19-40(20-16-38)24-29(25-7-4-3-5-8-25)36-32(42)31-12-11-30(43-31)28-13-14-34-33(37-28)35-26-9-6-10-27(23-26)41-21-17-39(2)18-22-41;1-34(2)23-8-4-6-21(18-23)20-31-28(37)27-11-10-26(38-27)25-12-13-30-29(33-25)32-22-7-5-9-24(19-22)36-16-14-35(3)15-17-36;1-33-13-15-34(16-14-33)22-7-4-6-21(18-22)31-28-29-12-11-24(32-28)25-9-10-26(37-25)27(35)30-19-20-5-3-8-23(17-20)36-2/h3-14,23,29H,15-22,24H2,1-2H3,(H,36,42)(H,34,35,37);4-13,18-19H,14-17,20H2,1-3H3,(H,31,37)(H,30,32,33);3-12,17-18H,13-16,19H2,1-2H3,(H,30,35)(H,29,31,32). The summed E-state index contributed by atoms with van der Waals surface area (Å²) < 4.78 is 5.25. The van der Waals surface area contributed by atoms with E-state index in [0.717, 1.165) is 188 Å². The van der Waals surface area contributed by atoms with E-state index in [1.165, 1.54) is 51.1 Å². The van der Waals surface area contributed by atoms with Crippen LogP contribution in [0, 0.1) is 0 Å². The molecule has 16 rings (SSSR count). The van der Waals surface area contributed by atoms with Crippen molar-refractivity contribution in [3.63, 3.8) is 0 Å². The smallest absolute Gasteiger partial charge is 0.261 e. The Morgan fingerprint density at radius 1 is 0.407 bits per heavy atom.